The van der Waals surface area contributed by atoms with E-state index in [-0.39, 0.29) is 23.0 Å². The van der Waals surface area contributed by atoms with Gasteiger partial charge in [0.2, 0.25) is 0 Å². The Morgan fingerprint density at radius 1 is 1.17 bits per heavy atom. The van der Waals surface area contributed by atoms with Gasteiger partial charge in [-0.05, 0) is 30.3 Å². The Kier molecular flexibility index (Phi) is 5.19. The van der Waals surface area contributed by atoms with E-state index in [9.17, 15) is 22.4 Å². The highest BCUT2D eigenvalue weighted by Gasteiger charge is 2.33. The van der Waals surface area contributed by atoms with Gasteiger partial charge in [0.25, 0.3) is 0 Å². The van der Waals surface area contributed by atoms with Crippen LogP contribution in [0, 0.1) is 5.82 Å². The lowest BCUT2D eigenvalue weighted by Gasteiger charge is -2.10. The molecule has 1 aromatic carbocycles. The van der Waals surface area contributed by atoms with E-state index in [1.54, 1.807) is 0 Å². The maximum absolute atomic E-state index is 12.9. The molecule has 1 heterocycles. The van der Waals surface area contributed by atoms with Gasteiger partial charge in [-0.1, -0.05) is 11.8 Å². The van der Waals surface area contributed by atoms with Crippen molar-refractivity contribution < 1.29 is 27.5 Å². The minimum atomic E-state index is -4.67. The number of carboxylic acids is 1. The molecule has 23 heavy (non-hydrogen) atoms. The van der Waals surface area contributed by atoms with Gasteiger partial charge in [-0.15, -0.1) is 0 Å². The lowest BCUT2D eigenvalue weighted by Crippen LogP contribution is -2.10. The lowest BCUT2D eigenvalue weighted by molar-refractivity contribution is -0.141. The first kappa shape index (κ1) is 17.2. The van der Waals surface area contributed by atoms with E-state index in [0.29, 0.717) is 5.56 Å². The summed E-state index contributed by atoms with van der Waals surface area (Å²) >= 11 is 0.814. The summed E-state index contributed by atoms with van der Waals surface area (Å²) in [6, 6.07) is 5.62. The van der Waals surface area contributed by atoms with E-state index in [4.69, 9.17) is 5.11 Å². The van der Waals surface area contributed by atoms with E-state index in [1.165, 1.54) is 12.1 Å². The zero-order valence-corrected chi connectivity index (χ0v) is 12.3. The molecule has 0 fully saturated rings. The van der Waals surface area contributed by atoms with Gasteiger partial charge in [0.1, 0.15) is 11.5 Å². The Morgan fingerprint density at radius 2 is 1.83 bits per heavy atom. The minimum Gasteiger partial charge on any atom is -0.481 e. The molecule has 0 aliphatic carbocycles. The molecule has 0 amide bonds. The summed E-state index contributed by atoms with van der Waals surface area (Å²) in [5, 5.41) is 8.38. The molecule has 0 atom stereocenters. The van der Waals surface area contributed by atoms with Gasteiger partial charge in [0.05, 0.1) is 12.1 Å². The van der Waals surface area contributed by atoms with E-state index in [0.717, 1.165) is 30.0 Å². The van der Waals surface area contributed by atoms with Crippen molar-refractivity contribution in [1.29, 1.82) is 0 Å². The monoisotopic (exact) mass is 346 g/mol. The molecule has 0 aliphatic rings. The molecule has 0 saturated heterocycles. The van der Waals surface area contributed by atoms with Gasteiger partial charge in [-0.2, -0.15) is 13.2 Å². The smallest absolute Gasteiger partial charge is 0.433 e. The Bertz CT molecular complexity index is 705. The van der Waals surface area contributed by atoms with Crippen LogP contribution in [0.25, 0.3) is 11.3 Å². The largest absolute Gasteiger partial charge is 0.481 e. The molecular formula is C14H10F4N2O2S. The number of aromatic nitrogens is 2. The number of rotatable bonds is 5. The molecule has 0 aliphatic heterocycles. The average Bonchev–Trinajstić information content (AvgIpc) is 2.46. The first-order valence-corrected chi connectivity index (χ1v) is 7.31. The van der Waals surface area contributed by atoms with Crippen molar-refractivity contribution in [3.05, 3.63) is 41.8 Å². The molecule has 0 saturated carbocycles. The molecule has 0 unspecified atom stereocenters. The summed E-state index contributed by atoms with van der Waals surface area (Å²) in [5.74, 6) is -1.54. The van der Waals surface area contributed by atoms with Crippen LogP contribution in [0.1, 0.15) is 12.1 Å². The predicted octanol–water partition coefficient (Wildman–Crippen LogP) is 3.87. The maximum Gasteiger partial charge on any atom is 0.433 e. The van der Waals surface area contributed by atoms with Crippen molar-refractivity contribution in [2.24, 2.45) is 0 Å². The second kappa shape index (κ2) is 6.95. The van der Waals surface area contributed by atoms with Crippen LogP contribution >= 0.6 is 11.8 Å². The van der Waals surface area contributed by atoms with Crippen molar-refractivity contribution in [3.63, 3.8) is 0 Å². The van der Waals surface area contributed by atoms with Crippen LogP contribution in [0.15, 0.2) is 35.5 Å². The highest BCUT2D eigenvalue weighted by molar-refractivity contribution is 7.99. The van der Waals surface area contributed by atoms with Crippen LogP contribution in [0.2, 0.25) is 0 Å². The molecular weight excluding hydrogens is 336 g/mol. The van der Waals surface area contributed by atoms with Crippen LogP contribution in [-0.2, 0) is 11.0 Å². The lowest BCUT2D eigenvalue weighted by atomic mass is 10.1. The number of aliphatic carboxylic acids is 1. The number of carboxylic acid groups (broad SMARTS) is 1. The van der Waals surface area contributed by atoms with Crippen LogP contribution in [0.3, 0.4) is 0 Å². The fourth-order valence-electron chi connectivity index (χ4n) is 1.63. The molecule has 1 N–H and O–H groups in total. The van der Waals surface area contributed by atoms with Crippen molar-refractivity contribution in [2.45, 2.75) is 17.8 Å². The Hall–Kier alpha value is -2.16. The maximum atomic E-state index is 12.9. The number of alkyl halides is 3. The third kappa shape index (κ3) is 4.92. The standard InChI is InChI=1S/C14H10F4N2O2S/c15-9-3-1-8(2-4-9)10-7-11(14(16,17)18)20-13(19-10)23-6-5-12(21)22/h1-4,7H,5-6H2,(H,21,22). The SMILES string of the molecule is O=C(O)CCSc1nc(-c2ccc(F)cc2)cc(C(F)(F)F)n1. The van der Waals surface area contributed by atoms with Gasteiger partial charge in [0, 0.05) is 11.3 Å². The zero-order chi connectivity index (χ0) is 17.0. The molecule has 2 rings (SSSR count). The van der Waals surface area contributed by atoms with E-state index >= 15 is 0 Å². The molecule has 9 heteroatoms. The Labute approximate surface area is 132 Å². The molecule has 1 aromatic heterocycles. The molecule has 0 spiro atoms. The topological polar surface area (TPSA) is 63.1 Å². The summed E-state index contributed by atoms with van der Waals surface area (Å²) < 4.78 is 51.7. The predicted molar refractivity (Wildman–Crippen MR) is 75.4 cm³/mol. The third-order valence-electron chi connectivity index (χ3n) is 2.68. The van der Waals surface area contributed by atoms with Crippen LogP contribution in [-0.4, -0.2) is 26.8 Å². The van der Waals surface area contributed by atoms with Gasteiger partial charge in [-0.25, -0.2) is 14.4 Å². The fourth-order valence-corrected chi connectivity index (χ4v) is 2.42. The van der Waals surface area contributed by atoms with Crippen molar-refractivity contribution >= 4 is 17.7 Å². The first-order chi connectivity index (χ1) is 10.8. The highest BCUT2D eigenvalue weighted by Crippen LogP contribution is 2.32. The Balaban J connectivity index is 2.37. The number of hydrogen-bond donors (Lipinski definition) is 1. The first-order valence-electron chi connectivity index (χ1n) is 6.32. The summed E-state index contributed by atoms with van der Waals surface area (Å²) in [7, 11) is 0. The summed E-state index contributed by atoms with van der Waals surface area (Å²) in [5.41, 5.74) is -0.839. The number of halogens is 4. The normalized spacial score (nSPS) is 11.5. The summed E-state index contributed by atoms with van der Waals surface area (Å²) in [4.78, 5) is 17.9. The van der Waals surface area contributed by atoms with Crippen LogP contribution in [0.5, 0.6) is 0 Å². The molecule has 122 valence electrons. The van der Waals surface area contributed by atoms with Crippen molar-refractivity contribution in [3.8, 4) is 11.3 Å². The zero-order valence-electron chi connectivity index (χ0n) is 11.5. The van der Waals surface area contributed by atoms with Gasteiger partial charge >= 0.3 is 12.1 Å². The Morgan fingerprint density at radius 3 is 2.39 bits per heavy atom. The highest BCUT2D eigenvalue weighted by atomic mass is 32.2. The molecule has 4 nitrogen and oxygen atoms in total. The number of nitrogens with zero attached hydrogens (tertiary/aromatic N) is 2. The van der Waals surface area contributed by atoms with Crippen molar-refractivity contribution in [2.75, 3.05) is 5.75 Å². The number of thioether (sulfide) groups is 1. The van der Waals surface area contributed by atoms with E-state index in [2.05, 4.69) is 9.97 Å². The van der Waals surface area contributed by atoms with E-state index in [1.807, 2.05) is 0 Å². The van der Waals surface area contributed by atoms with Crippen LogP contribution in [0.4, 0.5) is 17.6 Å². The number of hydrogen-bond acceptors (Lipinski definition) is 4. The van der Waals surface area contributed by atoms with Crippen LogP contribution < -0.4 is 0 Å². The second-order valence-corrected chi connectivity index (χ2v) is 5.48. The number of carbonyl (C=O) groups is 1. The van der Waals surface area contributed by atoms with Crippen molar-refractivity contribution in [1.82, 2.24) is 9.97 Å². The van der Waals surface area contributed by atoms with Gasteiger partial charge < -0.3 is 5.11 Å². The quantitative estimate of drug-likeness (QED) is 0.506. The second-order valence-electron chi connectivity index (χ2n) is 4.42. The summed E-state index contributed by atoms with van der Waals surface area (Å²) in [6.45, 7) is 0. The molecule has 0 radical (unpaired) electrons. The molecule has 0 bridgehead atoms. The van der Waals surface area contributed by atoms with Gasteiger partial charge in [-0.3, -0.25) is 4.79 Å². The summed E-state index contributed by atoms with van der Waals surface area (Å²) in [6.07, 6.45) is -4.89. The van der Waals surface area contributed by atoms with E-state index < -0.39 is 23.7 Å². The molecule has 2 aromatic rings. The van der Waals surface area contributed by atoms with Gasteiger partial charge in [0.15, 0.2) is 5.16 Å². The fraction of sp³-hybridized carbons (Fsp3) is 0.214. The number of benzene rings is 1. The minimum absolute atomic E-state index is 0.00912. The third-order valence-corrected chi connectivity index (χ3v) is 3.53. The average molecular weight is 346 g/mol.